The first-order chi connectivity index (χ1) is 6.45. The molecule has 4 heteroatoms. The highest BCUT2D eigenvalue weighted by Crippen LogP contribution is 2.23. The summed E-state index contributed by atoms with van der Waals surface area (Å²) in [6, 6.07) is 0. The Morgan fingerprint density at radius 2 is 1.93 bits per heavy atom. The third kappa shape index (κ3) is 2.69. The van der Waals surface area contributed by atoms with Gasteiger partial charge in [-0.05, 0) is 26.7 Å². The number of hydrogen-bond acceptors (Lipinski definition) is 4. The van der Waals surface area contributed by atoms with Gasteiger partial charge in [-0.25, -0.2) is 0 Å². The van der Waals surface area contributed by atoms with Crippen LogP contribution in [0.5, 0.6) is 0 Å². The number of nitrogens with zero attached hydrogens (tertiary/aromatic N) is 1. The SMILES string of the molecule is COC(=O)C1CCN(C(C)(C)O)CC1. The van der Waals surface area contributed by atoms with Gasteiger partial charge < -0.3 is 9.84 Å². The van der Waals surface area contributed by atoms with Gasteiger partial charge in [0.1, 0.15) is 5.72 Å². The van der Waals surface area contributed by atoms with Crippen molar-refractivity contribution >= 4 is 5.97 Å². The average molecular weight is 201 g/mol. The number of likely N-dealkylation sites (tertiary alicyclic amines) is 1. The molecule has 0 radical (unpaired) electrons. The van der Waals surface area contributed by atoms with Gasteiger partial charge in [0.05, 0.1) is 13.0 Å². The van der Waals surface area contributed by atoms with E-state index in [1.807, 2.05) is 4.90 Å². The molecule has 0 aromatic carbocycles. The van der Waals surface area contributed by atoms with E-state index < -0.39 is 5.72 Å². The summed E-state index contributed by atoms with van der Waals surface area (Å²) in [5, 5.41) is 9.73. The monoisotopic (exact) mass is 201 g/mol. The highest BCUT2D eigenvalue weighted by molar-refractivity contribution is 5.72. The Balaban J connectivity index is 2.43. The minimum Gasteiger partial charge on any atom is -0.469 e. The molecule has 1 aliphatic heterocycles. The highest BCUT2D eigenvalue weighted by atomic mass is 16.5. The maximum atomic E-state index is 11.2. The Labute approximate surface area is 84.8 Å². The fraction of sp³-hybridized carbons (Fsp3) is 0.900. The van der Waals surface area contributed by atoms with Crippen LogP contribution in [0.3, 0.4) is 0 Å². The minimum absolute atomic E-state index is 0.0126. The predicted molar refractivity (Wildman–Crippen MR) is 52.6 cm³/mol. The van der Waals surface area contributed by atoms with E-state index in [9.17, 15) is 9.90 Å². The molecular formula is C10H19NO3. The number of rotatable bonds is 2. The van der Waals surface area contributed by atoms with Crippen LogP contribution in [0.15, 0.2) is 0 Å². The normalized spacial score (nSPS) is 20.9. The van der Waals surface area contributed by atoms with Crippen molar-refractivity contribution in [1.82, 2.24) is 4.90 Å². The van der Waals surface area contributed by atoms with E-state index in [2.05, 4.69) is 0 Å². The van der Waals surface area contributed by atoms with Crippen LogP contribution in [-0.4, -0.2) is 41.9 Å². The van der Waals surface area contributed by atoms with Gasteiger partial charge in [-0.15, -0.1) is 0 Å². The molecule has 14 heavy (non-hydrogen) atoms. The lowest BCUT2D eigenvalue weighted by Gasteiger charge is -2.38. The molecule has 82 valence electrons. The second-order valence-electron chi connectivity index (χ2n) is 4.28. The Hall–Kier alpha value is -0.610. The van der Waals surface area contributed by atoms with Crippen LogP contribution in [0.2, 0.25) is 0 Å². The van der Waals surface area contributed by atoms with Crippen LogP contribution in [-0.2, 0) is 9.53 Å². The molecule has 1 N–H and O–H groups in total. The number of methoxy groups -OCH3 is 1. The molecule has 0 aliphatic carbocycles. The van der Waals surface area contributed by atoms with Crippen LogP contribution in [0.25, 0.3) is 0 Å². The standard InChI is InChI=1S/C10H19NO3/c1-10(2,13)11-6-4-8(5-7-11)9(12)14-3/h8,13H,4-7H2,1-3H3. The van der Waals surface area contributed by atoms with Crippen LogP contribution < -0.4 is 0 Å². The molecule has 0 aromatic rings. The molecule has 1 heterocycles. The number of carbonyl (C=O) groups is 1. The first kappa shape index (κ1) is 11.5. The second kappa shape index (κ2) is 4.28. The Morgan fingerprint density at radius 1 is 1.43 bits per heavy atom. The van der Waals surface area contributed by atoms with Crippen LogP contribution in [0.4, 0.5) is 0 Å². The molecule has 1 saturated heterocycles. The Bertz CT molecular complexity index is 202. The molecule has 0 amide bonds. The highest BCUT2D eigenvalue weighted by Gasteiger charge is 2.31. The summed E-state index contributed by atoms with van der Waals surface area (Å²) in [4.78, 5) is 13.2. The molecule has 0 spiro atoms. The molecule has 0 bridgehead atoms. The summed E-state index contributed by atoms with van der Waals surface area (Å²) in [5.41, 5.74) is -0.777. The van der Waals surface area contributed by atoms with E-state index in [0.29, 0.717) is 0 Å². The van der Waals surface area contributed by atoms with Crippen LogP contribution >= 0.6 is 0 Å². The lowest BCUT2D eigenvalue weighted by atomic mass is 9.96. The quantitative estimate of drug-likeness (QED) is 0.665. The summed E-state index contributed by atoms with van der Waals surface area (Å²) >= 11 is 0. The third-order valence-corrected chi connectivity index (χ3v) is 2.80. The average Bonchev–Trinajstić information content (AvgIpc) is 2.15. The van der Waals surface area contributed by atoms with Crippen molar-refractivity contribution in [2.45, 2.75) is 32.4 Å². The van der Waals surface area contributed by atoms with Crippen molar-refractivity contribution in [2.24, 2.45) is 5.92 Å². The van der Waals surface area contributed by atoms with Crippen molar-refractivity contribution in [3.8, 4) is 0 Å². The number of esters is 1. The molecule has 1 aliphatic rings. The molecule has 1 fully saturated rings. The van der Waals surface area contributed by atoms with Gasteiger partial charge in [0, 0.05) is 13.1 Å². The van der Waals surface area contributed by atoms with Gasteiger partial charge in [0.15, 0.2) is 0 Å². The van der Waals surface area contributed by atoms with Crippen molar-refractivity contribution in [3.05, 3.63) is 0 Å². The van der Waals surface area contributed by atoms with E-state index in [0.717, 1.165) is 25.9 Å². The molecule has 1 rings (SSSR count). The largest absolute Gasteiger partial charge is 0.469 e. The fourth-order valence-corrected chi connectivity index (χ4v) is 1.83. The van der Waals surface area contributed by atoms with Gasteiger partial charge in [0.25, 0.3) is 0 Å². The maximum Gasteiger partial charge on any atom is 0.308 e. The van der Waals surface area contributed by atoms with E-state index in [-0.39, 0.29) is 11.9 Å². The molecule has 0 unspecified atom stereocenters. The topological polar surface area (TPSA) is 49.8 Å². The summed E-state index contributed by atoms with van der Waals surface area (Å²) in [7, 11) is 1.42. The number of ether oxygens (including phenoxy) is 1. The molecule has 0 aromatic heterocycles. The number of aliphatic hydroxyl groups is 1. The van der Waals surface area contributed by atoms with Gasteiger partial charge in [-0.1, -0.05) is 0 Å². The minimum atomic E-state index is -0.777. The first-order valence-corrected chi connectivity index (χ1v) is 5.00. The number of carbonyl (C=O) groups excluding carboxylic acids is 1. The van der Waals surface area contributed by atoms with E-state index >= 15 is 0 Å². The number of piperidine rings is 1. The van der Waals surface area contributed by atoms with Gasteiger partial charge >= 0.3 is 5.97 Å². The summed E-state index contributed by atoms with van der Waals surface area (Å²) in [6.07, 6.45) is 1.55. The van der Waals surface area contributed by atoms with Gasteiger partial charge in [-0.3, -0.25) is 9.69 Å². The van der Waals surface area contributed by atoms with E-state index in [4.69, 9.17) is 4.74 Å². The summed E-state index contributed by atoms with van der Waals surface area (Å²) in [5.74, 6) is -0.112. The molecule has 4 nitrogen and oxygen atoms in total. The van der Waals surface area contributed by atoms with Gasteiger partial charge in [-0.2, -0.15) is 0 Å². The lowest BCUT2D eigenvalue weighted by molar-refractivity contribution is -0.150. The zero-order valence-electron chi connectivity index (χ0n) is 9.12. The van der Waals surface area contributed by atoms with E-state index in [1.54, 1.807) is 13.8 Å². The van der Waals surface area contributed by atoms with Gasteiger partial charge in [0.2, 0.25) is 0 Å². The zero-order valence-corrected chi connectivity index (χ0v) is 9.12. The van der Waals surface area contributed by atoms with Crippen molar-refractivity contribution in [2.75, 3.05) is 20.2 Å². The summed E-state index contributed by atoms with van der Waals surface area (Å²) < 4.78 is 4.69. The van der Waals surface area contributed by atoms with Crippen molar-refractivity contribution < 1.29 is 14.6 Å². The first-order valence-electron chi connectivity index (χ1n) is 5.00. The maximum absolute atomic E-state index is 11.2. The van der Waals surface area contributed by atoms with Crippen molar-refractivity contribution in [3.63, 3.8) is 0 Å². The zero-order chi connectivity index (χ0) is 10.8. The smallest absolute Gasteiger partial charge is 0.308 e. The lowest BCUT2D eigenvalue weighted by Crippen LogP contribution is -2.48. The molecule has 0 saturated carbocycles. The van der Waals surface area contributed by atoms with Crippen LogP contribution in [0, 0.1) is 5.92 Å². The Kier molecular flexibility index (Phi) is 3.50. The van der Waals surface area contributed by atoms with E-state index in [1.165, 1.54) is 7.11 Å². The third-order valence-electron chi connectivity index (χ3n) is 2.80. The second-order valence-corrected chi connectivity index (χ2v) is 4.28. The van der Waals surface area contributed by atoms with Crippen LogP contribution in [0.1, 0.15) is 26.7 Å². The Morgan fingerprint density at radius 3 is 2.29 bits per heavy atom. The molecule has 0 atom stereocenters. The number of hydrogen-bond donors (Lipinski definition) is 1. The summed E-state index contributed by atoms with van der Waals surface area (Å²) in [6.45, 7) is 5.05. The molecular weight excluding hydrogens is 182 g/mol. The fourth-order valence-electron chi connectivity index (χ4n) is 1.83. The predicted octanol–water partition coefficient (Wildman–Crippen LogP) is 0.600. The van der Waals surface area contributed by atoms with Crippen molar-refractivity contribution in [1.29, 1.82) is 0 Å².